The average Bonchev–Trinajstić information content (AvgIpc) is 2.33. The summed E-state index contributed by atoms with van der Waals surface area (Å²) in [7, 11) is 0. The maximum absolute atomic E-state index is 5.24. The first-order valence-corrected chi connectivity index (χ1v) is 5.41. The van der Waals surface area contributed by atoms with E-state index in [1.165, 1.54) is 16.7 Å². The molecule has 1 heteroatoms. The number of rotatable bonds is 1. The second-order valence-electron chi connectivity index (χ2n) is 3.15. The van der Waals surface area contributed by atoms with Crippen LogP contribution in [-0.2, 0) is 4.74 Å². The lowest BCUT2D eigenvalue weighted by molar-refractivity contribution is 0.293. The monoisotopic (exact) mass is 202 g/mol. The Hall–Kier alpha value is -1.50. The van der Waals surface area contributed by atoms with Gasteiger partial charge in [0.25, 0.3) is 0 Å². The van der Waals surface area contributed by atoms with E-state index in [1.54, 1.807) is 6.26 Å². The third kappa shape index (κ3) is 2.98. The summed E-state index contributed by atoms with van der Waals surface area (Å²) < 4.78 is 5.24. The van der Waals surface area contributed by atoms with Crippen LogP contribution in [0.15, 0.2) is 42.7 Å². The van der Waals surface area contributed by atoms with Gasteiger partial charge in [-0.2, -0.15) is 0 Å². The Bertz CT molecular complexity index is 361. The third-order valence-electron chi connectivity index (χ3n) is 2.20. The lowest BCUT2D eigenvalue weighted by Crippen LogP contribution is -1.98. The van der Waals surface area contributed by atoms with Gasteiger partial charge in [0.05, 0.1) is 6.26 Å². The van der Waals surface area contributed by atoms with Crippen LogP contribution < -0.4 is 0 Å². The maximum Gasteiger partial charge on any atom is 0.113 e. The predicted molar refractivity (Wildman–Crippen MR) is 65.6 cm³/mol. The number of aryl methyl sites for hydroxylation is 1. The van der Waals surface area contributed by atoms with Crippen LogP contribution in [-0.4, -0.2) is 6.61 Å². The minimum atomic E-state index is 0.682. The van der Waals surface area contributed by atoms with Crippen molar-refractivity contribution < 1.29 is 4.74 Å². The minimum absolute atomic E-state index is 0.682. The van der Waals surface area contributed by atoms with Gasteiger partial charge in [-0.15, -0.1) is 0 Å². The minimum Gasteiger partial charge on any atom is -0.496 e. The summed E-state index contributed by atoms with van der Waals surface area (Å²) in [5.74, 6) is 0. The van der Waals surface area contributed by atoms with Gasteiger partial charge in [-0.3, -0.25) is 0 Å². The fourth-order valence-corrected chi connectivity index (χ4v) is 1.50. The van der Waals surface area contributed by atoms with Crippen molar-refractivity contribution in [1.29, 1.82) is 0 Å². The van der Waals surface area contributed by atoms with Gasteiger partial charge in [-0.1, -0.05) is 44.2 Å². The highest BCUT2D eigenvalue weighted by Crippen LogP contribution is 2.20. The highest BCUT2D eigenvalue weighted by molar-refractivity contribution is 5.70. The molecule has 1 aliphatic heterocycles. The van der Waals surface area contributed by atoms with Crippen LogP contribution in [0.1, 0.15) is 25.0 Å². The summed E-state index contributed by atoms with van der Waals surface area (Å²) in [5, 5.41) is 0. The molecule has 0 aromatic heterocycles. The zero-order valence-electron chi connectivity index (χ0n) is 9.66. The van der Waals surface area contributed by atoms with E-state index in [0.717, 1.165) is 0 Å². The summed E-state index contributed by atoms with van der Waals surface area (Å²) in [4.78, 5) is 0. The Kier molecular flexibility index (Phi) is 4.69. The first kappa shape index (κ1) is 11.6. The van der Waals surface area contributed by atoms with E-state index >= 15 is 0 Å². The Morgan fingerprint density at radius 1 is 1.13 bits per heavy atom. The fraction of sp³-hybridized carbons (Fsp3) is 0.286. The molecule has 15 heavy (non-hydrogen) atoms. The number of hydrogen-bond acceptors (Lipinski definition) is 1. The SMILES string of the molecule is CC.Cc1ccccc1C1=CC=COC1. The van der Waals surface area contributed by atoms with Gasteiger partial charge in [-0.25, -0.2) is 0 Å². The summed E-state index contributed by atoms with van der Waals surface area (Å²) >= 11 is 0. The largest absolute Gasteiger partial charge is 0.496 e. The third-order valence-corrected chi connectivity index (χ3v) is 2.20. The molecule has 80 valence electrons. The Labute approximate surface area is 92.1 Å². The molecule has 1 aromatic rings. The van der Waals surface area contributed by atoms with E-state index in [9.17, 15) is 0 Å². The van der Waals surface area contributed by atoms with Crippen molar-refractivity contribution in [1.82, 2.24) is 0 Å². The molecule has 1 heterocycles. The van der Waals surface area contributed by atoms with Crippen LogP contribution in [0.4, 0.5) is 0 Å². The predicted octanol–water partition coefficient (Wildman–Crippen LogP) is 3.95. The summed E-state index contributed by atoms with van der Waals surface area (Å²) in [6.45, 7) is 6.80. The molecule has 0 saturated heterocycles. The Morgan fingerprint density at radius 3 is 2.47 bits per heavy atom. The molecule has 0 aliphatic carbocycles. The van der Waals surface area contributed by atoms with Crippen LogP contribution in [0.2, 0.25) is 0 Å². The smallest absolute Gasteiger partial charge is 0.113 e. The maximum atomic E-state index is 5.24. The first-order chi connectivity index (χ1) is 7.38. The molecular weight excluding hydrogens is 184 g/mol. The van der Waals surface area contributed by atoms with Gasteiger partial charge in [0.15, 0.2) is 0 Å². The van der Waals surface area contributed by atoms with Crippen molar-refractivity contribution in [3.05, 3.63) is 53.8 Å². The molecule has 1 aromatic carbocycles. The highest BCUT2D eigenvalue weighted by Gasteiger charge is 2.05. The second kappa shape index (κ2) is 6.07. The molecule has 0 saturated carbocycles. The average molecular weight is 202 g/mol. The summed E-state index contributed by atoms with van der Waals surface area (Å²) in [6.07, 6.45) is 5.76. The summed E-state index contributed by atoms with van der Waals surface area (Å²) in [5.41, 5.74) is 3.83. The van der Waals surface area contributed by atoms with E-state index in [-0.39, 0.29) is 0 Å². The number of allylic oxidation sites excluding steroid dienone is 2. The molecular formula is C14H18O. The molecule has 1 aliphatic rings. The van der Waals surface area contributed by atoms with Gasteiger partial charge in [0.2, 0.25) is 0 Å². The number of benzene rings is 1. The lowest BCUT2D eigenvalue weighted by atomic mass is 10.0. The van der Waals surface area contributed by atoms with E-state index in [2.05, 4.69) is 37.3 Å². The quantitative estimate of drug-likeness (QED) is 0.670. The molecule has 2 rings (SSSR count). The fourth-order valence-electron chi connectivity index (χ4n) is 1.50. The van der Waals surface area contributed by atoms with Crippen LogP contribution in [0.25, 0.3) is 5.57 Å². The molecule has 0 fully saturated rings. The normalized spacial score (nSPS) is 13.4. The standard InChI is InChI=1S/C12H12O.C2H6/c1-10-5-2-3-7-12(10)11-6-4-8-13-9-11;1-2/h2-8H,9H2,1H3;1-2H3. The van der Waals surface area contributed by atoms with Crippen molar-refractivity contribution in [2.75, 3.05) is 6.61 Å². The van der Waals surface area contributed by atoms with E-state index in [0.29, 0.717) is 6.61 Å². The van der Waals surface area contributed by atoms with E-state index in [1.807, 2.05) is 19.9 Å². The van der Waals surface area contributed by atoms with E-state index in [4.69, 9.17) is 4.74 Å². The first-order valence-electron chi connectivity index (χ1n) is 5.41. The van der Waals surface area contributed by atoms with Crippen LogP contribution in [0, 0.1) is 6.92 Å². The molecule has 0 unspecified atom stereocenters. The van der Waals surface area contributed by atoms with Crippen molar-refractivity contribution >= 4 is 5.57 Å². The van der Waals surface area contributed by atoms with Gasteiger partial charge in [0, 0.05) is 0 Å². The van der Waals surface area contributed by atoms with Crippen LogP contribution in [0.5, 0.6) is 0 Å². The van der Waals surface area contributed by atoms with E-state index < -0.39 is 0 Å². The molecule has 1 nitrogen and oxygen atoms in total. The zero-order chi connectivity index (χ0) is 11.1. The lowest BCUT2D eigenvalue weighted by Gasteiger charge is -2.12. The van der Waals surface area contributed by atoms with Crippen molar-refractivity contribution in [3.63, 3.8) is 0 Å². The molecule has 0 N–H and O–H groups in total. The van der Waals surface area contributed by atoms with Gasteiger partial charge < -0.3 is 4.74 Å². The molecule has 0 atom stereocenters. The topological polar surface area (TPSA) is 9.23 Å². The van der Waals surface area contributed by atoms with Crippen molar-refractivity contribution in [3.8, 4) is 0 Å². The van der Waals surface area contributed by atoms with Gasteiger partial charge >= 0.3 is 0 Å². The summed E-state index contributed by atoms with van der Waals surface area (Å²) in [6, 6.07) is 8.36. The van der Waals surface area contributed by atoms with Crippen molar-refractivity contribution in [2.45, 2.75) is 20.8 Å². The van der Waals surface area contributed by atoms with Crippen LogP contribution in [0.3, 0.4) is 0 Å². The Balaban J connectivity index is 0.000000531. The Morgan fingerprint density at radius 2 is 1.87 bits per heavy atom. The zero-order valence-corrected chi connectivity index (χ0v) is 9.66. The molecule has 0 amide bonds. The van der Waals surface area contributed by atoms with Crippen LogP contribution >= 0.6 is 0 Å². The molecule has 0 spiro atoms. The highest BCUT2D eigenvalue weighted by atomic mass is 16.5. The molecule has 0 radical (unpaired) electrons. The number of ether oxygens (including phenoxy) is 1. The second-order valence-corrected chi connectivity index (χ2v) is 3.15. The van der Waals surface area contributed by atoms with Gasteiger partial charge in [-0.05, 0) is 29.7 Å². The molecule has 0 bridgehead atoms. The van der Waals surface area contributed by atoms with Gasteiger partial charge in [0.1, 0.15) is 6.61 Å². The number of hydrogen-bond donors (Lipinski definition) is 0. The van der Waals surface area contributed by atoms with Crippen molar-refractivity contribution in [2.24, 2.45) is 0 Å².